The smallest absolute Gasteiger partial charge is 0.124 e. The van der Waals surface area contributed by atoms with E-state index in [2.05, 4.69) is 41.2 Å². The van der Waals surface area contributed by atoms with Gasteiger partial charge in [0.25, 0.3) is 0 Å². The van der Waals surface area contributed by atoms with Crippen molar-refractivity contribution in [2.45, 2.75) is 26.3 Å². The molecule has 1 N–H and O–H groups in total. The van der Waals surface area contributed by atoms with Gasteiger partial charge in [0.1, 0.15) is 5.75 Å². The minimum Gasteiger partial charge on any atom is -0.493 e. The maximum Gasteiger partial charge on any atom is 0.124 e. The number of ether oxygens (including phenoxy) is 1. The molecule has 1 aliphatic rings. The molecule has 2 rings (SSSR count). The van der Waals surface area contributed by atoms with Gasteiger partial charge in [-0.2, -0.15) is 0 Å². The van der Waals surface area contributed by atoms with Gasteiger partial charge in [-0.15, -0.1) is 0 Å². The molecule has 15 heavy (non-hydrogen) atoms. The molecule has 0 amide bonds. The quantitative estimate of drug-likeness (QED) is 0.846. The first kappa shape index (κ1) is 11.0. The van der Waals surface area contributed by atoms with Crippen LogP contribution in [0.5, 0.6) is 5.75 Å². The van der Waals surface area contributed by atoms with E-state index in [-0.39, 0.29) is 0 Å². The Balaban J connectivity index is 2.59. The number of aryl methyl sites for hydroxylation is 1. The summed E-state index contributed by atoms with van der Waals surface area (Å²) >= 11 is 3.63. The average Bonchev–Trinajstić information content (AvgIpc) is 2.25. The van der Waals surface area contributed by atoms with Crippen LogP contribution in [0.2, 0.25) is 0 Å². The Morgan fingerprint density at radius 2 is 2.20 bits per heavy atom. The van der Waals surface area contributed by atoms with Crippen LogP contribution in [0.15, 0.2) is 10.5 Å². The van der Waals surface area contributed by atoms with Gasteiger partial charge in [-0.3, -0.25) is 0 Å². The van der Waals surface area contributed by atoms with Gasteiger partial charge in [0.15, 0.2) is 0 Å². The van der Waals surface area contributed by atoms with Crippen molar-refractivity contribution in [3.63, 3.8) is 0 Å². The van der Waals surface area contributed by atoms with Crippen LogP contribution in [0.3, 0.4) is 0 Å². The van der Waals surface area contributed by atoms with Crippen LogP contribution in [0.25, 0.3) is 0 Å². The number of rotatable bonds is 1. The predicted molar refractivity (Wildman–Crippen MR) is 65.5 cm³/mol. The number of fused-ring (bicyclic) bond motifs is 1. The van der Waals surface area contributed by atoms with Gasteiger partial charge < -0.3 is 10.1 Å². The number of benzene rings is 1. The lowest BCUT2D eigenvalue weighted by Crippen LogP contribution is -2.25. The zero-order valence-electron chi connectivity index (χ0n) is 9.36. The fourth-order valence-electron chi connectivity index (χ4n) is 2.21. The summed E-state index contributed by atoms with van der Waals surface area (Å²) in [7, 11) is 2.01. The molecule has 1 aromatic rings. The summed E-state index contributed by atoms with van der Waals surface area (Å²) in [5.41, 5.74) is 3.84. The highest BCUT2D eigenvalue weighted by Crippen LogP contribution is 2.39. The van der Waals surface area contributed by atoms with E-state index >= 15 is 0 Å². The third-order valence-corrected chi connectivity index (χ3v) is 4.27. The van der Waals surface area contributed by atoms with Gasteiger partial charge >= 0.3 is 0 Å². The molecule has 3 heteroatoms. The molecule has 0 aromatic heterocycles. The van der Waals surface area contributed by atoms with Gasteiger partial charge in [-0.25, -0.2) is 0 Å². The van der Waals surface area contributed by atoms with Gasteiger partial charge in [-0.05, 0) is 38.1 Å². The first-order chi connectivity index (χ1) is 7.15. The van der Waals surface area contributed by atoms with Gasteiger partial charge in [0, 0.05) is 22.5 Å². The maximum absolute atomic E-state index is 5.71. The first-order valence-corrected chi connectivity index (χ1v) is 6.04. The molecule has 2 nitrogen and oxygen atoms in total. The van der Waals surface area contributed by atoms with Crippen molar-refractivity contribution < 1.29 is 4.74 Å². The normalized spacial score (nSPS) is 19.6. The van der Waals surface area contributed by atoms with Crippen molar-refractivity contribution in [3.05, 3.63) is 27.2 Å². The Kier molecular flexibility index (Phi) is 3.03. The van der Waals surface area contributed by atoms with Crippen LogP contribution in [0.1, 0.15) is 29.2 Å². The van der Waals surface area contributed by atoms with Crippen LogP contribution in [-0.4, -0.2) is 13.7 Å². The Hall–Kier alpha value is -0.540. The van der Waals surface area contributed by atoms with E-state index in [0.717, 1.165) is 18.8 Å². The summed E-state index contributed by atoms with van der Waals surface area (Å²) in [4.78, 5) is 0. The maximum atomic E-state index is 5.71. The Bertz CT molecular complexity index is 390. The summed E-state index contributed by atoms with van der Waals surface area (Å²) in [6.07, 6.45) is 1.04. The Morgan fingerprint density at radius 3 is 2.87 bits per heavy atom. The molecule has 1 heterocycles. The summed E-state index contributed by atoms with van der Waals surface area (Å²) in [5.74, 6) is 1.04. The zero-order chi connectivity index (χ0) is 11.0. The fourth-order valence-corrected chi connectivity index (χ4v) is 2.54. The van der Waals surface area contributed by atoms with E-state index < -0.39 is 0 Å². The number of halogens is 1. The van der Waals surface area contributed by atoms with Gasteiger partial charge in [0.05, 0.1) is 6.61 Å². The van der Waals surface area contributed by atoms with E-state index in [4.69, 9.17) is 4.74 Å². The molecule has 0 radical (unpaired) electrons. The zero-order valence-corrected chi connectivity index (χ0v) is 10.9. The molecule has 0 bridgehead atoms. The third kappa shape index (κ3) is 1.79. The summed E-state index contributed by atoms with van der Waals surface area (Å²) in [6, 6.07) is 2.54. The second kappa shape index (κ2) is 4.14. The lowest BCUT2D eigenvalue weighted by atomic mass is 9.94. The first-order valence-electron chi connectivity index (χ1n) is 5.24. The van der Waals surface area contributed by atoms with Crippen LogP contribution in [-0.2, 0) is 0 Å². The largest absolute Gasteiger partial charge is 0.493 e. The van der Waals surface area contributed by atoms with Crippen LogP contribution >= 0.6 is 15.9 Å². The summed E-state index contributed by atoms with van der Waals surface area (Å²) < 4.78 is 6.91. The summed E-state index contributed by atoms with van der Waals surface area (Å²) in [5, 5.41) is 3.35. The fraction of sp³-hybridized carbons (Fsp3) is 0.500. The van der Waals surface area contributed by atoms with Crippen molar-refractivity contribution in [2.24, 2.45) is 0 Å². The molecule has 0 spiro atoms. The minimum absolute atomic E-state index is 0.422. The molecular weight excluding hydrogens is 254 g/mol. The van der Waals surface area contributed by atoms with E-state index in [1.54, 1.807) is 0 Å². The van der Waals surface area contributed by atoms with E-state index in [0.29, 0.717) is 6.04 Å². The lowest BCUT2D eigenvalue weighted by molar-refractivity contribution is 0.256. The van der Waals surface area contributed by atoms with Crippen molar-refractivity contribution in [2.75, 3.05) is 13.7 Å². The SMILES string of the molecule is CNC1CCOc2cc(C)c(Br)c(C)c21. The highest BCUT2D eigenvalue weighted by atomic mass is 79.9. The Labute approximate surface area is 99.1 Å². The molecule has 1 atom stereocenters. The van der Waals surface area contributed by atoms with Crippen LogP contribution < -0.4 is 10.1 Å². The van der Waals surface area contributed by atoms with E-state index in [1.807, 2.05) is 7.05 Å². The molecule has 0 fully saturated rings. The Morgan fingerprint density at radius 1 is 1.47 bits per heavy atom. The number of hydrogen-bond donors (Lipinski definition) is 1. The second-order valence-corrected chi connectivity index (χ2v) is 4.82. The van der Waals surface area contributed by atoms with Crippen LogP contribution in [0, 0.1) is 13.8 Å². The van der Waals surface area contributed by atoms with Crippen LogP contribution in [0.4, 0.5) is 0 Å². The van der Waals surface area contributed by atoms with Crippen molar-refractivity contribution >= 4 is 15.9 Å². The van der Waals surface area contributed by atoms with Gasteiger partial charge in [0.2, 0.25) is 0 Å². The highest BCUT2D eigenvalue weighted by Gasteiger charge is 2.23. The van der Waals surface area contributed by atoms with Crippen molar-refractivity contribution in [1.82, 2.24) is 5.32 Å². The lowest BCUT2D eigenvalue weighted by Gasteiger charge is -2.28. The predicted octanol–water partition coefficient (Wildman–Crippen LogP) is 3.11. The molecule has 1 aromatic carbocycles. The topological polar surface area (TPSA) is 21.3 Å². The minimum atomic E-state index is 0.422. The van der Waals surface area contributed by atoms with E-state index in [9.17, 15) is 0 Å². The van der Waals surface area contributed by atoms with Crippen molar-refractivity contribution in [1.29, 1.82) is 0 Å². The molecular formula is C12H16BrNO. The third-order valence-electron chi connectivity index (χ3n) is 3.05. The molecule has 0 saturated heterocycles. The summed E-state index contributed by atoms with van der Waals surface area (Å²) in [6.45, 7) is 5.05. The number of nitrogens with one attached hydrogen (secondary N) is 1. The number of hydrogen-bond acceptors (Lipinski definition) is 2. The molecule has 1 aliphatic heterocycles. The van der Waals surface area contributed by atoms with E-state index in [1.165, 1.54) is 21.2 Å². The van der Waals surface area contributed by atoms with Crippen molar-refractivity contribution in [3.8, 4) is 5.75 Å². The average molecular weight is 270 g/mol. The highest BCUT2D eigenvalue weighted by molar-refractivity contribution is 9.10. The second-order valence-electron chi connectivity index (χ2n) is 4.02. The molecule has 82 valence electrons. The standard InChI is InChI=1S/C12H16BrNO/c1-7-6-10-11(8(2)12(7)13)9(14-3)4-5-15-10/h6,9,14H,4-5H2,1-3H3. The molecule has 0 saturated carbocycles. The molecule has 0 aliphatic carbocycles. The molecule has 1 unspecified atom stereocenters. The monoisotopic (exact) mass is 269 g/mol. The van der Waals surface area contributed by atoms with Gasteiger partial charge in [-0.1, -0.05) is 15.9 Å².